The zero-order valence-corrected chi connectivity index (χ0v) is 12.4. The maximum Gasteiger partial charge on any atom is 0.460 e. The minimum absolute atomic E-state index is 2.40. The van der Waals surface area contributed by atoms with Crippen molar-refractivity contribution in [1.82, 2.24) is 0 Å². The number of hydrogen-bond donors (Lipinski definition) is 0. The van der Waals surface area contributed by atoms with Crippen molar-refractivity contribution in [3.05, 3.63) is 11.8 Å². The average molecular weight is 480 g/mol. The lowest BCUT2D eigenvalue weighted by molar-refractivity contribution is -0.424. The van der Waals surface area contributed by atoms with Crippen LogP contribution in [-0.2, 0) is 4.74 Å². The van der Waals surface area contributed by atoms with Gasteiger partial charge in [0.15, 0.2) is 6.61 Å². The number of allylic oxidation sites excluding steroid dienone is 1. The van der Waals surface area contributed by atoms with Crippen LogP contribution in [0, 0.1) is 0 Å². The summed E-state index contributed by atoms with van der Waals surface area (Å²) >= 11 is 0. The normalized spacial score (nSPS) is 16.6. The van der Waals surface area contributed by atoms with Crippen LogP contribution in [0.25, 0.3) is 0 Å². The van der Waals surface area contributed by atoms with Crippen LogP contribution in [0.3, 0.4) is 0 Å². The topological polar surface area (TPSA) is 9.23 Å². The van der Waals surface area contributed by atoms with Crippen LogP contribution < -0.4 is 0 Å². The number of halogens is 18. The molecule has 1 nitrogen and oxygen atoms in total. The molecular weight excluding hydrogens is 478 g/mol. The summed E-state index contributed by atoms with van der Waals surface area (Å²) in [6.07, 6.45) is -14.5. The first-order chi connectivity index (χ1) is 12.3. The first kappa shape index (κ1) is 27.3. The predicted octanol–water partition coefficient (Wildman–Crippen LogP) is 6.41. The highest BCUT2D eigenvalue weighted by molar-refractivity contribution is 5.10. The summed E-state index contributed by atoms with van der Waals surface area (Å²) in [7, 11) is 0. The number of ether oxygens (including phenoxy) is 1. The minimum Gasteiger partial charge on any atom is -0.462 e. The minimum atomic E-state index is -7.97. The Kier molecular flexibility index (Phi) is 6.78. The van der Waals surface area contributed by atoms with E-state index in [4.69, 9.17) is 0 Å². The van der Waals surface area contributed by atoms with Gasteiger partial charge >= 0.3 is 48.0 Å². The van der Waals surface area contributed by atoms with E-state index in [1.54, 1.807) is 0 Å². The van der Waals surface area contributed by atoms with E-state index in [1.807, 2.05) is 0 Å². The summed E-state index contributed by atoms with van der Waals surface area (Å²) in [4.78, 5) is 0. The van der Waals surface area contributed by atoms with Crippen molar-refractivity contribution in [2.24, 2.45) is 0 Å². The highest BCUT2D eigenvalue weighted by atomic mass is 19.4. The van der Waals surface area contributed by atoms with Gasteiger partial charge in [-0.05, 0) is 0 Å². The van der Waals surface area contributed by atoms with Crippen LogP contribution in [0.5, 0.6) is 0 Å². The van der Waals surface area contributed by atoms with Gasteiger partial charge in [0.2, 0.25) is 0 Å². The average Bonchev–Trinajstić information content (AvgIpc) is 2.48. The Morgan fingerprint density at radius 1 is 0.517 bits per heavy atom. The maximum atomic E-state index is 13.0. The Labute approximate surface area is 145 Å². The van der Waals surface area contributed by atoms with Crippen LogP contribution in [0.1, 0.15) is 0 Å². The standard InChI is InChI=1S/C10H2F18O/c11-2(5(15,16)9(23,24)25)3(12)29-1-4(13,14)6(17,18)7(19,20)8(21,22)10(26,27)28/h1H2. The second kappa shape index (κ2) is 7.21. The van der Waals surface area contributed by atoms with Crippen molar-refractivity contribution in [2.75, 3.05) is 6.61 Å². The highest BCUT2D eigenvalue weighted by Crippen LogP contribution is 2.57. The van der Waals surface area contributed by atoms with Crippen LogP contribution in [-0.4, -0.2) is 48.6 Å². The van der Waals surface area contributed by atoms with Gasteiger partial charge in [0.05, 0.1) is 0 Å². The van der Waals surface area contributed by atoms with Crippen LogP contribution in [0.2, 0.25) is 0 Å². The van der Waals surface area contributed by atoms with Crippen molar-refractivity contribution >= 4 is 0 Å². The molecule has 0 atom stereocenters. The number of hydrogen-bond acceptors (Lipinski definition) is 1. The van der Waals surface area contributed by atoms with Gasteiger partial charge in [-0.3, -0.25) is 0 Å². The van der Waals surface area contributed by atoms with Crippen molar-refractivity contribution in [3.63, 3.8) is 0 Å². The third-order valence-corrected chi connectivity index (χ3v) is 2.79. The van der Waals surface area contributed by atoms with Gasteiger partial charge in [-0.25, -0.2) is 0 Å². The van der Waals surface area contributed by atoms with Gasteiger partial charge in [0.1, 0.15) is 0 Å². The molecule has 0 radical (unpaired) electrons. The molecule has 0 aromatic heterocycles. The lowest BCUT2D eigenvalue weighted by Gasteiger charge is -2.36. The zero-order valence-electron chi connectivity index (χ0n) is 12.4. The summed E-state index contributed by atoms with van der Waals surface area (Å²) in [5.41, 5.74) is 0. The highest BCUT2D eigenvalue weighted by Gasteiger charge is 2.87. The van der Waals surface area contributed by atoms with Crippen molar-refractivity contribution in [2.45, 2.75) is 42.0 Å². The largest absolute Gasteiger partial charge is 0.462 e. The molecule has 174 valence electrons. The Morgan fingerprint density at radius 3 is 1.21 bits per heavy atom. The molecule has 0 heterocycles. The second-order valence-corrected chi connectivity index (χ2v) is 4.87. The molecular formula is C10H2F18O. The fraction of sp³-hybridized carbons (Fsp3) is 0.800. The lowest BCUT2D eigenvalue weighted by atomic mass is 9.98. The fourth-order valence-corrected chi connectivity index (χ4v) is 1.16. The molecule has 0 rings (SSSR count). The molecule has 29 heavy (non-hydrogen) atoms. The molecule has 0 fully saturated rings. The van der Waals surface area contributed by atoms with Crippen molar-refractivity contribution in [1.29, 1.82) is 0 Å². The second-order valence-electron chi connectivity index (χ2n) is 4.87. The van der Waals surface area contributed by atoms with E-state index in [0.29, 0.717) is 0 Å². The maximum absolute atomic E-state index is 13.0. The molecule has 0 aromatic carbocycles. The van der Waals surface area contributed by atoms with Gasteiger partial charge in [-0.15, -0.1) is 0 Å². The molecule has 0 aliphatic carbocycles. The predicted molar refractivity (Wildman–Crippen MR) is 52.0 cm³/mol. The molecule has 0 aliphatic heterocycles. The van der Waals surface area contributed by atoms with Gasteiger partial charge in [0, 0.05) is 0 Å². The van der Waals surface area contributed by atoms with E-state index in [9.17, 15) is 79.0 Å². The van der Waals surface area contributed by atoms with Gasteiger partial charge < -0.3 is 4.74 Å². The fourth-order valence-electron chi connectivity index (χ4n) is 1.16. The Bertz CT molecular complexity index is 622. The van der Waals surface area contributed by atoms with Crippen LogP contribution >= 0.6 is 0 Å². The first-order valence-electron chi connectivity index (χ1n) is 6.00. The molecule has 0 amide bonds. The molecule has 0 spiro atoms. The van der Waals surface area contributed by atoms with E-state index in [0.717, 1.165) is 0 Å². The van der Waals surface area contributed by atoms with E-state index in [-0.39, 0.29) is 0 Å². The molecule has 0 aromatic rings. The van der Waals surface area contributed by atoms with Crippen LogP contribution in [0.4, 0.5) is 79.0 Å². The van der Waals surface area contributed by atoms with E-state index >= 15 is 0 Å². The SMILES string of the molecule is FC(OCC(F)(F)C(F)(F)C(F)(F)C(F)(F)C(F)(F)F)=C(F)C(F)(F)C(F)(F)F. The van der Waals surface area contributed by atoms with Crippen molar-refractivity contribution < 1.29 is 83.8 Å². The van der Waals surface area contributed by atoms with E-state index in [2.05, 4.69) is 4.74 Å². The third-order valence-electron chi connectivity index (χ3n) is 2.79. The first-order valence-corrected chi connectivity index (χ1v) is 6.00. The summed E-state index contributed by atoms with van der Waals surface area (Å²) < 4.78 is 225. The zero-order chi connectivity index (χ0) is 24.1. The summed E-state index contributed by atoms with van der Waals surface area (Å²) in [5.74, 6) is -41.7. The van der Waals surface area contributed by atoms with Gasteiger partial charge in [-0.1, -0.05) is 0 Å². The Morgan fingerprint density at radius 2 is 0.897 bits per heavy atom. The van der Waals surface area contributed by atoms with Gasteiger partial charge in [0.25, 0.3) is 5.83 Å². The van der Waals surface area contributed by atoms with E-state index < -0.39 is 60.4 Å². The number of rotatable bonds is 7. The smallest absolute Gasteiger partial charge is 0.460 e. The van der Waals surface area contributed by atoms with Crippen molar-refractivity contribution in [3.8, 4) is 0 Å². The Balaban J connectivity index is 5.91. The molecule has 0 bridgehead atoms. The lowest BCUT2D eigenvalue weighted by Crippen LogP contribution is -2.67. The summed E-state index contributed by atoms with van der Waals surface area (Å²) in [5, 5.41) is 0. The summed E-state index contributed by atoms with van der Waals surface area (Å²) in [6.45, 7) is -3.85. The van der Waals surface area contributed by atoms with Crippen LogP contribution in [0.15, 0.2) is 11.8 Å². The van der Waals surface area contributed by atoms with Gasteiger partial charge in [-0.2, -0.15) is 79.0 Å². The summed E-state index contributed by atoms with van der Waals surface area (Å²) in [6, 6.07) is -4.02. The molecule has 0 unspecified atom stereocenters. The number of alkyl halides is 16. The Hall–Kier alpha value is -1.72. The molecule has 0 saturated carbocycles. The molecule has 0 aliphatic rings. The van der Waals surface area contributed by atoms with E-state index in [1.165, 1.54) is 0 Å². The molecule has 0 saturated heterocycles. The quantitative estimate of drug-likeness (QED) is 0.302. The molecule has 19 heteroatoms. The molecule has 0 N–H and O–H groups in total. The third kappa shape index (κ3) is 4.41. The monoisotopic (exact) mass is 480 g/mol.